The predicted molar refractivity (Wildman–Crippen MR) is 247 cm³/mol. The Bertz CT molecular complexity index is 3290. The molecule has 9 heteroatoms. The van der Waals surface area contributed by atoms with Gasteiger partial charge in [-0.1, -0.05) is 121 Å². The van der Waals surface area contributed by atoms with E-state index in [1.807, 2.05) is 91.0 Å². The Morgan fingerprint density at radius 3 is 1.34 bits per heavy atom. The summed E-state index contributed by atoms with van der Waals surface area (Å²) in [6.45, 7) is 0. The summed E-state index contributed by atoms with van der Waals surface area (Å²) in [6.07, 6.45) is 7.78. The summed E-state index contributed by atoms with van der Waals surface area (Å²) in [5.74, 6) is -1.33. The molecule has 4 aromatic heterocycles. The SMILES string of the molecule is COC(=O)c1cn(C)c(C2=Cc3nc2c(-c2ccccc2)c2ccc([nH]2)c(-c2ccccc2)c2nc(c(-c4ccccc4)c4ccc([nH]4)c3-c3ccccc3)C=C2)c1C(=O)OC. The molecule has 2 aliphatic heterocycles. The minimum absolute atomic E-state index is 0.0793. The van der Waals surface area contributed by atoms with Gasteiger partial charge in [-0.3, -0.25) is 0 Å². The largest absolute Gasteiger partial charge is 0.465 e. The first-order valence-corrected chi connectivity index (χ1v) is 20.2. The van der Waals surface area contributed by atoms with Crippen LogP contribution < -0.4 is 0 Å². The molecule has 300 valence electrons. The van der Waals surface area contributed by atoms with Gasteiger partial charge in [-0.2, -0.15) is 0 Å². The number of carbonyl (C=O) groups is 2. The molecule has 0 aliphatic carbocycles. The Labute approximate surface area is 357 Å². The van der Waals surface area contributed by atoms with E-state index in [0.717, 1.165) is 78.0 Å². The molecule has 9 nitrogen and oxygen atoms in total. The molecule has 0 unspecified atom stereocenters. The predicted octanol–water partition coefficient (Wildman–Crippen LogP) is 11.7. The molecule has 0 fully saturated rings. The van der Waals surface area contributed by atoms with E-state index < -0.39 is 11.9 Å². The molecule has 0 spiro atoms. The van der Waals surface area contributed by atoms with Crippen LogP contribution in [-0.2, 0) is 16.5 Å². The Morgan fingerprint density at radius 2 is 0.903 bits per heavy atom. The molecule has 0 amide bonds. The number of H-pyrrole nitrogens is 2. The van der Waals surface area contributed by atoms with E-state index in [0.29, 0.717) is 22.7 Å². The number of benzene rings is 4. The molecule has 2 N–H and O–H groups in total. The Balaban J connectivity index is 1.44. The third kappa shape index (κ3) is 6.53. The quantitative estimate of drug-likeness (QED) is 0.155. The standard InChI is InChI=1S/C53H39N5O4/c1-58-31-37(52(59)61-2)49(53(60)62-3)51(58)36-30-44-47(34-20-12-6-13-21-34)42-27-26-40(55-42)45(32-16-8-4-9-17-32)38-24-25-39(54-38)46(33-18-10-5-11-19-33)41-28-29-43(56-41)48(50(36)57-44)35-22-14-7-15-23-35/h4-31,55-56H,1-3H3. The van der Waals surface area contributed by atoms with E-state index in [9.17, 15) is 9.59 Å². The van der Waals surface area contributed by atoms with Crippen LogP contribution in [0.25, 0.3) is 90.4 Å². The smallest absolute Gasteiger partial charge is 0.340 e. The maximum Gasteiger partial charge on any atom is 0.340 e. The minimum atomic E-state index is -0.676. The molecule has 4 aromatic carbocycles. The number of methoxy groups -OCH3 is 2. The number of ether oxygens (including phenoxy) is 2. The second-order valence-corrected chi connectivity index (χ2v) is 15.0. The van der Waals surface area contributed by atoms with Gasteiger partial charge in [-0.15, -0.1) is 0 Å². The lowest BCUT2D eigenvalue weighted by Crippen LogP contribution is -2.12. The number of hydrogen-bond acceptors (Lipinski definition) is 6. The van der Waals surface area contributed by atoms with Crippen molar-refractivity contribution in [1.82, 2.24) is 24.5 Å². The number of esters is 2. The Hall–Kier alpha value is -8.30. The van der Waals surface area contributed by atoms with Crippen molar-refractivity contribution in [2.75, 3.05) is 14.2 Å². The number of nitrogens with zero attached hydrogens (tertiary/aromatic N) is 3. The number of aryl methyl sites for hydroxylation is 1. The molecule has 62 heavy (non-hydrogen) atoms. The van der Waals surface area contributed by atoms with Gasteiger partial charge in [0.25, 0.3) is 0 Å². The Morgan fingerprint density at radius 1 is 0.500 bits per heavy atom. The van der Waals surface area contributed by atoms with Crippen LogP contribution in [0, 0.1) is 0 Å². The van der Waals surface area contributed by atoms with Gasteiger partial charge in [0.2, 0.25) is 0 Å². The van der Waals surface area contributed by atoms with Crippen molar-refractivity contribution >= 4 is 57.8 Å². The van der Waals surface area contributed by atoms with E-state index in [2.05, 4.69) is 82.8 Å². The summed E-state index contributed by atoms with van der Waals surface area (Å²) in [6, 6.07) is 49.0. The Kier molecular flexibility index (Phi) is 9.61. The van der Waals surface area contributed by atoms with Gasteiger partial charge in [0.1, 0.15) is 0 Å². The number of rotatable bonds is 7. The highest BCUT2D eigenvalue weighted by Gasteiger charge is 2.32. The summed E-state index contributed by atoms with van der Waals surface area (Å²) in [5, 5.41) is 0. The van der Waals surface area contributed by atoms with E-state index >= 15 is 0 Å². The molecule has 0 atom stereocenters. The summed E-state index contributed by atoms with van der Waals surface area (Å²) in [7, 11) is 4.40. The molecule has 6 heterocycles. The zero-order valence-corrected chi connectivity index (χ0v) is 34.1. The first-order valence-electron chi connectivity index (χ1n) is 20.2. The lowest BCUT2D eigenvalue weighted by Gasteiger charge is -2.12. The van der Waals surface area contributed by atoms with Gasteiger partial charge in [-0.25, -0.2) is 19.6 Å². The molecule has 0 saturated carbocycles. The van der Waals surface area contributed by atoms with Gasteiger partial charge in [-0.05, 0) is 64.7 Å². The highest BCUT2D eigenvalue weighted by Crippen LogP contribution is 2.43. The van der Waals surface area contributed by atoms with Crippen LogP contribution in [0.3, 0.4) is 0 Å². The van der Waals surface area contributed by atoms with Crippen molar-refractivity contribution in [3.8, 4) is 44.5 Å². The van der Waals surface area contributed by atoms with Gasteiger partial charge in [0.15, 0.2) is 0 Å². The van der Waals surface area contributed by atoms with Crippen LogP contribution in [0.2, 0.25) is 0 Å². The van der Waals surface area contributed by atoms with E-state index in [1.165, 1.54) is 14.2 Å². The summed E-state index contributed by atoms with van der Waals surface area (Å²) in [5.41, 5.74) is 14.7. The van der Waals surface area contributed by atoms with Crippen molar-refractivity contribution < 1.29 is 19.1 Å². The second kappa shape index (κ2) is 15.7. The highest BCUT2D eigenvalue weighted by molar-refractivity contribution is 6.12. The summed E-state index contributed by atoms with van der Waals surface area (Å²) < 4.78 is 12.3. The number of nitrogens with one attached hydrogen (secondary N) is 2. The molecule has 8 bridgehead atoms. The monoisotopic (exact) mass is 809 g/mol. The van der Waals surface area contributed by atoms with Crippen molar-refractivity contribution in [1.29, 1.82) is 0 Å². The fraction of sp³-hybridized carbons (Fsp3) is 0.0566. The van der Waals surface area contributed by atoms with Crippen LogP contribution in [0.1, 0.15) is 49.2 Å². The van der Waals surface area contributed by atoms with Crippen LogP contribution >= 0.6 is 0 Å². The van der Waals surface area contributed by atoms with Crippen LogP contribution in [0.15, 0.2) is 152 Å². The lowest BCUT2D eigenvalue weighted by atomic mass is 9.95. The number of hydrogen-bond donors (Lipinski definition) is 2. The summed E-state index contributed by atoms with van der Waals surface area (Å²) >= 11 is 0. The molecule has 10 rings (SSSR count). The average Bonchev–Trinajstić information content (AvgIpc) is 4.18. The molecule has 0 saturated heterocycles. The second-order valence-electron chi connectivity index (χ2n) is 15.0. The first-order chi connectivity index (χ1) is 30.4. The lowest BCUT2D eigenvalue weighted by molar-refractivity contribution is 0.0556. The van der Waals surface area contributed by atoms with E-state index in [4.69, 9.17) is 19.4 Å². The zero-order chi connectivity index (χ0) is 42.3. The van der Waals surface area contributed by atoms with Crippen molar-refractivity contribution in [3.05, 3.63) is 191 Å². The summed E-state index contributed by atoms with van der Waals surface area (Å²) in [4.78, 5) is 45.8. The van der Waals surface area contributed by atoms with Gasteiger partial charge in [0.05, 0.1) is 53.8 Å². The van der Waals surface area contributed by atoms with Gasteiger partial charge >= 0.3 is 11.9 Å². The van der Waals surface area contributed by atoms with Crippen molar-refractivity contribution in [2.24, 2.45) is 7.05 Å². The van der Waals surface area contributed by atoms with E-state index in [-0.39, 0.29) is 11.1 Å². The topological polar surface area (TPSA) is 115 Å². The average molecular weight is 810 g/mol. The number of aromatic amines is 2. The fourth-order valence-electron chi connectivity index (χ4n) is 8.62. The molecule has 0 radical (unpaired) electrons. The highest BCUT2D eigenvalue weighted by atomic mass is 16.5. The van der Waals surface area contributed by atoms with Crippen LogP contribution in [0.5, 0.6) is 0 Å². The normalized spacial score (nSPS) is 12.0. The molecular formula is C53H39N5O4. The molecule has 2 aliphatic rings. The van der Waals surface area contributed by atoms with Crippen LogP contribution in [0.4, 0.5) is 0 Å². The molecular weight excluding hydrogens is 771 g/mol. The third-order valence-electron chi connectivity index (χ3n) is 11.3. The van der Waals surface area contributed by atoms with Crippen molar-refractivity contribution in [3.63, 3.8) is 0 Å². The van der Waals surface area contributed by atoms with E-state index in [1.54, 1.807) is 17.8 Å². The van der Waals surface area contributed by atoms with Gasteiger partial charge < -0.3 is 24.0 Å². The number of carbonyl (C=O) groups excluding carboxylic acids is 2. The number of fused-ring (bicyclic) bond motifs is 8. The maximum absolute atomic E-state index is 13.9. The molecule has 8 aromatic rings. The minimum Gasteiger partial charge on any atom is -0.465 e. The zero-order valence-electron chi connectivity index (χ0n) is 34.1. The van der Waals surface area contributed by atoms with Gasteiger partial charge in [0, 0.05) is 63.1 Å². The third-order valence-corrected chi connectivity index (χ3v) is 11.3. The van der Waals surface area contributed by atoms with Crippen molar-refractivity contribution in [2.45, 2.75) is 0 Å². The number of aromatic nitrogens is 5. The van der Waals surface area contributed by atoms with Crippen LogP contribution in [-0.4, -0.2) is 50.7 Å². The maximum atomic E-state index is 13.9. The fourth-order valence-corrected chi connectivity index (χ4v) is 8.62. The first kappa shape index (κ1) is 37.9.